The zero-order valence-electron chi connectivity index (χ0n) is 12.3. The molecule has 0 saturated heterocycles. The number of aryl methyl sites for hydroxylation is 1. The second-order valence-corrected chi connectivity index (χ2v) is 5.45. The van der Waals surface area contributed by atoms with Gasteiger partial charge in [0.15, 0.2) is 6.39 Å². The number of nitrogens with zero attached hydrogens (tertiary/aromatic N) is 4. The highest BCUT2D eigenvalue weighted by Crippen LogP contribution is 2.26. The van der Waals surface area contributed by atoms with Crippen molar-refractivity contribution in [1.29, 1.82) is 0 Å². The Morgan fingerprint density at radius 3 is 2.61 bits per heavy atom. The number of rotatable bonds is 2. The fourth-order valence-corrected chi connectivity index (χ4v) is 2.70. The second kappa shape index (κ2) is 6.89. The lowest BCUT2D eigenvalue weighted by molar-refractivity contribution is 0.433. The van der Waals surface area contributed by atoms with Crippen LogP contribution in [0.15, 0.2) is 65.0 Å². The number of oxazole rings is 1. The molecule has 3 aromatic heterocycles. The standard InChI is InChI=1S/C13H11N3OS.C3H3NO/c1-9-7-12(17)16(15-9)13-14-11(8-18-13)10-5-3-2-4-6-10;1-2-5-3-4-1/h2-8,17H,1H3;1-3H. The summed E-state index contributed by atoms with van der Waals surface area (Å²) < 4.78 is 5.92. The Morgan fingerprint density at radius 2 is 2.04 bits per heavy atom. The van der Waals surface area contributed by atoms with Gasteiger partial charge in [0.05, 0.1) is 17.6 Å². The highest BCUT2D eigenvalue weighted by molar-refractivity contribution is 7.12. The van der Waals surface area contributed by atoms with E-state index in [9.17, 15) is 5.11 Å². The Hall–Kier alpha value is -2.93. The first kappa shape index (κ1) is 15.0. The van der Waals surface area contributed by atoms with Crippen LogP contribution in [-0.2, 0) is 0 Å². The number of aromatic hydroxyl groups is 1. The molecule has 1 aromatic carbocycles. The van der Waals surface area contributed by atoms with E-state index < -0.39 is 0 Å². The largest absolute Gasteiger partial charge is 0.493 e. The molecule has 0 spiro atoms. The number of thiazole rings is 1. The summed E-state index contributed by atoms with van der Waals surface area (Å²) in [5, 5.41) is 16.6. The second-order valence-electron chi connectivity index (χ2n) is 4.61. The van der Waals surface area contributed by atoms with Gasteiger partial charge in [0.2, 0.25) is 11.0 Å². The highest BCUT2D eigenvalue weighted by Gasteiger charge is 2.10. The fourth-order valence-electron chi connectivity index (χ4n) is 1.91. The van der Waals surface area contributed by atoms with Crippen LogP contribution in [0.1, 0.15) is 5.69 Å². The Morgan fingerprint density at radius 1 is 1.22 bits per heavy atom. The van der Waals surface area contributed by atoms with Gasteiger partial charge < -0.3 is 9.52 Å². The molecule has 0 aliphatic carbocycles. The number of benzene rings is 1. The van der Waals surface area contributed by atoms with Crippen LogP contribution in [0.3, 0.4) is 0 Å². The molecule has 6 nitrogen and oxygen atoms in total. The van der Waals surface area contributed by atoms with Crippen LogP contribution in [0.2, 0.25) is 0 Å². The van der Waals surface area contributed by atoms with Crippen LogP contribution in [0.25, 0.3) is 16.4 Å². The quantitative estimate of drug-likeness (QED) is 0.608. The minimum Gasteiger partial charge on any atom is -0.493 e. The molecule has 23 heavy (non-hydrogen) atoms. The van der Waals surface area contributed by atoms with Gasteiger partial charge in [-0.3, -0.25) is 0 Å². The molecule has 0 fully saturated rings. The number of aromatic nitrogens is 4. The minimum absolute atomic E-state index is 0.112. The summed E-state index contributed by atoms with van der Waals surface area (Å²) in [6.07, 6.45) is 4.47. The monoisotopic (exact) mass is 326 g/mol. The molecular formula is C16H14N4O2S. The van der Waals surface area contributed by atoms with Crippen molar-refractivity contribution in [3.8, 4) is 22.3 Å². The average molecular weight is 326 g/mol. The van der Waals surface area contributed by atoms with Gasteiger partial charge >= 0.3 is 0 Å². The highest BCUT2D eigenvalue weighted by atomic mass is 32.1. The van der Waals surface area contributed by atoms with Crippen molar-refractivity contribution in [3.63, 3.8) is 0 Å². The molecule has 1 N–H and O–H groups in total. The maximum Gasteiger partial charge on any atom is 0.216 e. The molecule has 3 heterocycles. The van der Waals surface area contributed by atoms with Crippen LogP contribution in [0, 0.1) is 6.92 Å². The molecule has 4 rings (SSSR count). The SMILES string of the molecule is Cc1cc(O)n(-c2nc(-c3ccccc3)cs2)n1.c1cocn1. The zero-order chi connectivity index (χ0) is 16.1. The van der Waals surface area contributed by atoms with E-state index in [1.165, 1.54) is 28.7 Å². The lowest BCUT2D eigenvalue weighted by Crippen LogP contribution is -1.95. The van der Waals surface area contributed by atoms with E-state index in [1.54, 1.807) is 12.3 Å². The third kappa shape index (κ3) is 3.64. The lowest BCUT2D eigenvalue weighted by Gasteiger charge is -1.97. The predicted octanol–water partition coefficient (Wildman–Crippen LogP) is 3.68. The smallest absolute Gasteiger partial charge is 0.216 e. The molecule has 0 unspecified atom stereocenters. The van der Waals surface area contributed by atoms with Gasteiger partial charge in [-0.05, 0) is 6.92 Å². The van der Waals surface area contributed by atoms with Crippen molar-refractivity contribution in [2.24, 2.45) is 0 Å². The van der Waals surface area contributed by atoms with E-state index >= 15 is 0 Å². The summed E-state index contributed by atoms with van der Waals surface area (Å²) in [6, 6.07) is 11.6. The Labute approximate surface area is 136 Å². The van der Waals surface area contributed by atoms with Crippen LogP contribution < -0.4 is 0 Å². The van der Waals surface area contributed by atoms with Crippen molar-refractivity contribution in [2.75, 3.05) is 0 Å². The summed E-state index contributed by atoms with van der Waals surface area (Å²) in [4.78, 5) is 8.04. The van der Waals surface area contributed by atoms with Crippen molar-refractivity contribution < 1.29 is 9.52 Å². The Bertz CT molecular complexity index is 836. The third-order valence-electron chi connectivity index (χ3n) is 2.90. The normalized spacial score (nSPS) is 10.1. The molecular weight excluding hydrogens is 312 g/mol. The molecule has 0 saturated carbocycles. The Balaban J connectivity index is 0.000000267. The van der Waals surface area contributed by atoms with Crippen LogP contribution in [-0.4, -0.2) is 24.9 Å². The molecule has 7 heteroatoms. The summed E-state index contributed by atoms with van der Waals surface area (Å²) in [6.45, 7) is 1.84. The van der Waals surface area contributed by atoms with E-state index in [1.807, 2.05) is 42.6 Å². The van der Waals surface area contributed by atoms with Crippen LogP contribution >= 0.6 is 11.3 Å². The molecule has 0 radical (unpaired) electrons. The molecule has 0 atom stereocenters. The lowest BCUT2D eigenvalue weighted by atomic mass is 10.2. The predicted molar refractivity (Wildman–Crippen MR) is 87.6 cm³/mol. The fraction of sp³-hybridized carbons (Fsp3) is 0.0625. The van der Waals surface area contributed by atoms with Gasteiger partial charge in [0, 0.05) is 17.0 Å². The van der Waals surface area contributed by atoms with Gasteiger partial charge in [-0.1, -0.05) is 30.3 Å². The van der Waals surface area contributed by atoms with Gasteiger partial charge in [-0.2, -0.15) is 9.78 Å². The van der Waals surface area contributed by atoms with Gasteiger partial charge in [-0.25, -0.2) is 9.97 Å². The summed E-state index contributed by atoms with van der Waals surface area (Å²) >= 11 is 1.45. The first-order valence-electron chi connectivity index (χ1n) is 6.83. The molecule has 4 aromatic rings. The van der Waals surface area contributed by atoms with Gasteiger partial charge in [0.1, 0.15) is 6.26 Å². The molecule has 0 amide bonds. The van der Waals surface area contributed by atoms with E-state index in [0.29, 0.717) is 5.13 Å². The summed E-state index contributed by atoms with van der Waals surface area (Å²) in [7, 11) is 0. The topological polar surface area (TPSA) is 77.0 Å². The van der Waals surface area contributed by atoms with Crippen molar-refractivity contribution >= 4 is 11.3 Å². The van der Waals surface area contributed by atoms with Crippen LogP contribution in [0.5, 0.6) is 5.88 Å². The van der Waals surface area contributed by atoms with E-state index in [2.05, 4.69) is 19.5 Å². The Kier molecular flexibility index (Phi) is 4.49. The maximum absolute atomic E-state index is 9.73. The number of hydrogen-bond acceptors (Lipinski definition) is 6. The van der Waals surface area contributed by atoms with Crippen LogP contribution in [0.4, 0.5) is 0 Å². The van der Waals surface area contributed by atoms with Gasteiger partial charge in [-0.15, -0.1) is 11.3 Å². The zero-order valence-corrected chi connectivity index (χ0v) is 13.1. The first-order chi connectivity index (χ1) is 11.2. The first-order valence-corrected chi connectivity index (χ1v) is 7.71. The maximum atomic E-state index is 9.73. The van der Waals surface area contributed by atoms with E-state index in [0.717, 1.165) is 17.0 Å². The average Bonchev–Trinajstić information content (AvgIpc) is 3.30. The van der Waals surface area contributed by atoms with Crippen molar-refractivity contribution in [1.82, 2.24) is 19.7 Å². The summed E-state index contributed by atoms with van der Waals surface area (Å²) in [5.41, 5.74) is 2.72. The van der Waals surface area contributed by atoms with Crippen molar-refractivity contribution in [3.05, 3.63) is 66.3 Å². The van der Waals surface area contributed by atoms with Gasteiger partial charge in [0.25, 0.3) is 0 Å². The third-order valence-corrected chi connectivity index (χ3v) is 3.72. The minimum atomic E-state index is 0.112. The van der Waals surface area contributed by atoms with Crippen molar-refractivity contribution in [2.45, 2.75) is 6.92 Å². The van der Waals surface area contributed by atoms with E-state index in [4.69, 9.17) is 0 Å². The molecule has 0 aliphatic rings. The van der Waals surface area contributed by atoms with E-state index in [-0.39, 0.29) is 5.88 Å². The number of hydrogen-bond donors (Lipinski definition) is 1. The molecule has 0 bridgehead atoms. The summed E-state index contributed by atoms with van der Waals surface area (Å²) in [5.74, 6) is 0.112. The molecule has 0 aliphatic heterocycles. The molecule has 116 valence electrons.